The maximum absolute atomic E-state index is 12.1. The summed E-state index contributed by atoms with van der Waals surface area (Å²) in [5, 5.41) is 6.62. The number of nitrogens with one attached hydrogen (secondary N) is 2. The lowest BCUT2D eigenvalue weighted by atomic mass is 9.91. The molecular weight excluding hydrogens is 212 g/mol. The summed E-state index contributed by atoms with van der Waals surface area (Å²) >= 11 is 0. The highest BCUT2D eigenvalue weighted by Gasteiger charge is 2.56. The van der Waals surface area contributed by atoms with Gasteiger partial charge in [0.15, 0.2) is 0 Å². The Labute approximate surface area is 104 Å². The van der Waals surface area contributed by atoms with Crippen molar-refractivity contribution in [3.63, 3.8) is 0 Å². The zero-order valence-corrected chi connectivity index (χ0v) is 10.7. The van der Waals surface area contributed by atoms with Crippen LogP contribution in [0.25, 0.3) is 0 Å². The fourth-order valence-corrected chi connectivity index (χ4v) is 4.03. The number of hydrogen-bond donors (Lipinski definition) is 2. The highest BCUT2D eigenvalue weighted by Crippen LogP contribution is 2.57. The number of amides is 1. The molecule has 3 rings (SSSR count). The van der Waals surface area contributed by atoms with Gasteiger partial charge < -0.3 is 10.6 Å². The predicted molar refractivity (Wildman–Crippen MR) is 67.6 cm³/mol. The number of carbonyl (C=O) groups excluding carboxylic acids is 1. The summed E-state index contributed by atoms with van der Waals surface area (Å²) < 4.78 is 0. The van der Waals surface area contributed by atoms with Crippen LogP contribution in [0.4, 0.5) is 0 Å². The molecular formula is C14H24N2O. The lowest BCUT2D eigenvalue weighted by molar-refractivity contribution is -0.124. The first-order valence-corrected chi connectivity index (χ1v) is 7.27. The second kappa shape index (κ2) is 4.60. The van der Waals surface area contributed by atoms with Gasteiger partial charge in [-0.25, -0.2) is 0 Å². The first kappa shape index (κ1) is 11.5. The Balaban J connectivity index is 1.44. The van der Waals surface area contributed by atoms with Crippen molar-refractivity contribution in [3.8, 4) is 0 Å². The van der Waals surface area contributed by atoms with E-state index in [9.17, 15) is 4.79 Å². The van der Waals surface area contributed by atoms with Gasteiger partial charge in [-0.15, -0.1) is 0 Å². The fourth-order valence-electron chi connectivity index (χ4n) is 4.03. The molecule has 0 saturated heterocycles. The van der Waals surface area contributed by atoms with Crippen molar-refractivity contribution < 1.29 is 4.79 Å². The molecule has 3 saturated carbocycles. The lowest BCUT2D eigenvalue weighted by Gasteiger charge is -2.29. The topological polar surface area (TPSA) is 41.1 Å². The average molecular weight is 236 g/mol. The van der Waals surface area contributed by atoms with E-state index in [-0.39, 0.29) is 0 Å². The molecule has 0 aromatic heterocycles. The number of hydrogen-bond acceptors (Lipinski definition) is 2. The summed E-state index contributed by atoms with van der Waals surface area (Å²) in [4.78, 5) is 12.1. The Hall–Kier alpha value is -0.570. The van der Waals surface area contributed by atoms with Crippen molar-refractivity contribution in [1.29, 1.82) is 0 Å². The molecule has 0 heterocycles. The summed E-state index contributed by atoms with van der Waals surface area (Å²) in [5.74, 6) is 2.27. The molecule has 3 aliphatic carbocycles. The Morgan fingerprint density at radius 1 is 0.941 bits per heavy atom. The summed E-state index contributed by atoms with van der Waals surface area (Å²) in [5.41, 5.74) is 0. The first-order valence-electron chi connectivity index (χ1n) is 7.27. The van der Waals surface area contributed by atoms with Gasteiger partial charge >= 0.3 is 0 Å². The van der Waals surface area contributed by atoms with Crippen molar-refractivity contribution in [2.75, 3.05) is 7.05 Å². The van der Waals surface area contributed by atoms with Crippen LogP contribution in [-0.4, -0.2) is 25.0 Å². The van der Waals surface area contributed by atoms with Gasteiger partial charge in [-0.3, -0.25) is 4.79 Å². The molecule has 0 aromatic carbocycles. The van der Waals surface area contributed by atoms with E-state index in [4.69, 9.17) is 0 Å². The molecule has 3 heteroatoms. The van der Waals surface area contributed by atoms with Gasteiger partial charge in [-0.1, -0.05) is 6.42 Å². The third-order valence-electron chi connectivity index (χ3n) is 5.19. The summed E-state index contributed by atoms with van der Waals surface area (Å²) in [6, 6.07) is 1.12. The minimum atomic E-state index is 0.368. The summed E-state index contributed by atoms with van der Waals surface area (Å²) in [6.07, 6.45) is 8.67. The van der Waals surface area contributed by atoms with E-state index < -0.39 is 0 Å². The molecule has 0 bridgehead atoms. The van der Waals surface area contributed by atoms with Crippen LogP contribution >= 0.6 is 0 Å². The zero-order valence-electron chi connectivity index (χ0n) is 10.7. The van der Waals surface area contributed by atoms with E-state index in [1.54, 1.807) is 0 Å². The normalized spacial score (nSPS) is 44.2. The summed E-state index contributed by atoms with van der Waals surface area (Å²) in [7, 11) is 2.04. The van der Waals surface area contributed by atoms with Crippen LogP contribution in [0.2, 0.25) is 0 Å². The van der Waals surface area contributed by atoms with Crippen LogP contribution in [0.5, 0.6) is 0 Å². The van der Waals surface area contributed by atoms with E-state index in [0.29, 0.717) is 23.9 Å². The van der Waals surface area contributed by atoms with E-state index in [0.717, 1.165) is 24.7 Å². The van der Waals surface area contributed by atoms with Crippen LogP contribution < -0.4 is 10.6 Å². The highest BCUT2D eigenvalue weighted by molar-refractivity contribution is 5.82. The standard InChI is InChI=1S/C14H24N2O/c1-15-9-5-7-10(8-6-9)16-14(17)13-11-3-2-4-12(11)13/h9-13,15H,2-8H2,1H3,(H,16,17). The molecule has 0 radical (unpaired) electrons. The zero-order chi connectivity index (χ0) is 11.8. The SMILES string of the molecule is CNC1CCC(NC(=O)C2C3CCCC32)CC1. The molecule has 2 N–H and O–H groups in total. The maximum Gasteiger partial charge on any atom is 0.223 e. The van der Waals surface area contributed by atoms with Crippen LogP contribution in [0.3, 0.4) is 0 Å². The van der Waals surface area contributed by atoms with Gasteiger partial charge in [0.05, 0.1) is 0 Å². The first-order chi connectivity index (χ1) is 8.29. The molecule has 3 aliphatic rings. The largest absolute Gasteiger partial charge is 0.353 e. The van der Waals surface area contributed by atoms with Gasteiger partial charge in [-0.2, -0.15) is 0 Å². The number of rotatable bonds is 3. The third kappa shape index (κ3) is 2.22. The predicted octanol–water partition coefficient (Wildman–Crippen LogP) is 1.68. The molecule has 3 nitrogen and oxygen atoms in total. The van der Waals surface area contributed by atoms with Gasteiger partial charge in [0.2, 0.25) is 5.91 Å². The smallest absolute Gasteiger partial charge is 0.223 e. The molecule has 0 aromatic rings. The Kier molecular flexibility index (Phi) is 3.12. The van der Waals surface area contributed by atoms with Crippen molar-refractivity contribution >= 4 is 5.91 Å². The molecule has 17 heavy (non-hydrogen) atoms. The minimum absolute atomic E-state index is 0.368. The number of fused-ring (bicyclic) bond motifs is 1. The quantitative estimate of drug-likeness (QED) is 0.783. The van der Waals surface area contributed by atoms with Crippen LogP contribution in [0.15, 0.2) is 0 Å². The second-order valence-electron chi connectivity index (χ2n) is 6.13. The van der Waals surface area contributed by atoms with Gasteiger partial charge in [-0.05, 0) is 57.4 Å². The van der Waals surface area contributed by atoms with E-state index >= 15 is 0 Å². The molecule has 1 amide bonds. The Bertz CT molecular complexity index is 287. The van der Waals surface area contributed by atoms with Gasteiger partial charge in [0, 0.05) is 18.0 Å². The minimum Gasteiger partial charge on any atom is -0.353 e. The van der Waals surface area contributed by atoms with Crippen molar-refractivity contribution in [3.05, 3.63) is 0 Å². The van der Waals surface area contributed by atoms with Crippen molar-refractivity contribution in [2.45, 2.75) is 57.0 Å². The maximum atomic E-state index is 12.1. The average Bonchev–Trinajstić information content (AvgIpc) is 2.85. The van der Waals surface area contributed by atoms with Crippen molar-refractivity contribution in [2.24, 2.45) is 17.8 Å². The van der Waals surface area contributed by atoms with Gasteiger partial charge in [0.1, 0.15) is 0 Å². The monoisotopic (exact) mass is 236 g/mol. The Morgan fingerprint density at radius 2 is 1.53 bits per heavy atom. The van der Waals surface area contributed by atoms with Gasteiger partial charge in [0.25, 0.3) is 0 Å². The lowest BCUT2D eigenvalue weighted by Crippen LogP contribution is -2.42. The molecule has 0 spiro atoms. The second-order valence-corrected chi connectivity index (χ2v) is 6.13. The summed E-state index contributed by atoms with van der Waals surface area (Å²) in [6.45, 7) is 0. The molecule has 2 unspecified atom stereocenters. The molecule has 96 valence electrons. The van der Waals surface area contributed by atoms with Crippen LogP contribution in [0.1, 0.15) is 44.9 Å². The fraction of sp³-hybridized carbons (Fsp3) is 0.929. The van der Waals surface area contributed by atoms with E-state index in [1.807, 2.05) is 7.05 Å². The molecule has 3 fully saturated rings. The van der Waals surface area contributed by atoms with Crippen LogP contribution in [0, 0.1) is 17.8 Å². The van der Waals surface area contributed by atoms with E-state index in [1.165, 1.54) is 32.1 Å². The molecule has 2 atom stereocenters. The Morgan fingerprint density at radius 3 is 2.12 bits per heavy atom. The van der Waals surface area contributed by atoms with Crippen molar-refractivity contribution in [1.82, 2.24) is 10.6 Å². The highest BCUT2D eigenvalue weighted by atomic mass is 16.2. The van der Waals surface area contributed by atoms with E-state index in [2.05, 4.69) is 10.6 Å². The number of carbonyl (C=O) groups is 1. The third-order valence-corrected chi connectivity index (χ3v) is 5.19. The van der Waals surface area contributed by atoms with Crippen LogP contribution in [-0.2, 0) is 4.79 Å². The molecule has 0 aliphatic heterocycles.